The summed E-state index contributed by atoms with van der Waals surface area (Å²) < 4.78 is 11.1. The third-order valence-electron chi connectivity index (χ3n) is 3.44. The smallest absolute Gasteiger partial charge is 0.410 e. The van der Waals surface area contributed by atoms with Crippen LogP contribution in [0.3, 0.4) is 0 Å². The monoisotopic (exact) mass is 341 g/mol. The Morgan fingerprint density at radius 3 is 2.83 bits per heavy atom. The number of nitrogens with zero attached hydrogens (tertiary/aromatic N) is 3. The van der Waals surface area contributed by atoms with Crippen molar-refractivity contribution in [3.8, 4) is 5.88 Å². The Labute approximate surface area is 142 Å². The first-order chi connectivity index (χ1) is 10.7. The number of likely N-dealkylation sites (tertiary alicyclic amines) is 1. The summed E-state index contributed by atoms with van der Waals surface area (Å²) >= 11 is 5.83. The zero-order valence-electron chi connectivity index (χ0n) is 14.1. The van der Waals surface area contributed by atoms with Gasteiger partial charge in [0.05, 0.1) is 6.61 Å². The van der Waals surface area contributed by atoms with E-state index in [9.17, 15) is 4.79 Å². The lowest BCUT2D eigenvalue weighted by Crippen LogP contribution is -2.44. The van der Waals surface area contributed by atoms with Crippen LogP contribution in [-0.2, 0) is 4.74 Å². The molecule has 6 nitrogen and oxygen atoms in total. The van der Waals surface area contributed by atoms with Gasteiger partial charge in [0, 0.05) is 30.8 Å². The van der Waals surface area contributed by atoms with E-state index < -0.39 is 5.60 Å². The molecular formula is C16H24ClN3O3. The summed E-state index contributed by atoms with van der Waals surface area (Å²) in [7, 11) is 0. The van der Waals surface area contributed by atoms with Gasteiger partial charge in [-0.1, -0.05) is 0 Å². The molecule has 0 spiro atoms. The van der Waals surface area contributed by atoms with Crippen molar-refractivity contribution in [1.82, 2.24) is 14.9 Å². The fraction of sp³-hybridized carbons (Fsp3) is 0.688. The Hall–Kier alpha value is -1.56. The third kappa shape index (κ3) is 5.86. The van der Waals surface area contributed by atoms with Crippen LogP contribution < -0.4 is 4.74 Å². The molecule has 0 bridgehead atoms. The molecule has 0 radical (unpaired) electrons. The first-order valence-electron chi connectivity index (χ1n) is 7.85. The van der Waals surface area contributed by atoms with E-state index in [0.717, 1.165) is 25.1 Å². The molecule has 0 N–H and O–H groups in total. The summed E-state index contributed by atoms with van der Waals surface area (Å²) in [5.74, 6) is 0.724. The van der Waals surface area contributed by atoms with E-state index in [1.54, 1.807) is 11.0 Å². The van der Waals surface area contributed by atoms with Crippen molar-refractivity contribution in [2.45, 2.75) is 46.1 Å². The molecule has 7 heteroatoms. The molecular weight excluding hydrogens is 318 g/mol. The van der Waals surface area contributed by atoms with E-state index in [-0.39, 0.29) is 17.3 Å². The normalized spacial score (nSPS) is 18.7. The van der Waals surface area contributed by atoms with Gasteiger partial charge < -0.3 is 14.4 Å². The number of rotatable bonds is 3. The molecule has 1 amide bonds. The number of amides is 1. The van der Waals surface area contributed by atoms with Gasteiger partial charge in [0.1, 0.15) is 5.60 Å². The summed E-state index contributed by atoms with van der Waals surface area (Å²) in [4.78, 5) is 21.9. The molecule has 1 saturated heterocycles. The molecule has 23 heavy (non-hydrogen) atoms. The number of hydrogen-bond acceptors (Lipinski definition) is 5. The minimum absolute atomic E-state index is 0.180. The van der Waals surface area contributed by atoms with Gasteiger partial charge in [-0.2, -0.15) is 4.98 Å². The molecule has 1 aromatic rings. The van der Waals surface area contributed by atoms with Crippen LogP contribution in [0.1, 0.15) is 39.3 Å². The number of aryl methyl sites for hydroxylation is 1. The number of halogens is 1. The number of ether oxygens (including phenoxy) is 2. The fourth-order valence-electron chi connectivity index (χ4n) is 2.48. The van der Waals surface area contributed by atoms with Crippen molar-refractivity contribution < 1.29 is 14.3 Å². The first kappa shape index (κ1) is 17.8. The predicted octanol–water partition coefficient (Wildman–Crippen LogP) is 3.46. The number of carbonyl (C=O) groups is 1. The number of aromatic nitrogens is 2. The first-order valence-corrected chi connectivity index (χ1v) is 8.22. The molecule has 1 aromatic heterocycles. The highest BCUT2D eigenvalue weighted by molar-refractivity contribution is 6.28. The van der Waals surface area contributed by atoms with Crippen LogP contribution in [0.15, 0.2) is 6.07 Å². The molecule has 0 aromatic carbocycles. The highest BCUT2D eigenvalue weighted by atomic mass is 35.5. The summed E-state index contributed by atoms with van der Waals surface area (Å²) in [6.45, 7) is 9.30. The maximum Gasteiger partial charge on any atom is 0.410 e. The molecule has 1 aliphatic rings. The molecule has 0 saturated carbocycles. The minimum atomic E-state index is -0.476. The minimum Gasteiger partial charge on any atom is -0.477 e. The van der Waals surface area contributed by atoms with Gasteiger partial charge in [0.2, 0.25) is 11.2 Å². The maximum absolute atomic E-state index is 12.1. The average molecular weight is 342 g/mol. The quantitative estimate of drug-likeness (QED) is 0.788. The lowest BCUT2D eigenvalue weighted by atomic mass is 9.99. The second kappa shape index (κ2) is 7.34. The van der Waals surface area contributed by atoms with Crippen LogP contribution in [0.2, 0.25) is 5.28 Å². The fourth-order valence-corrected chi connectivity index (χ4v) is 2.69. The van der Waals surface area contributed by atoms with Crippen molar-refractivity contribution >= 4 is 17.7 Å². The van der Waals surface area contributed by atoms with Crippen LogP contribution in [0.4, 0.5) is 4.79 Å². The van der Waals surface area contributed by atoms with Crippen LogP contribution in [0.5, 0.6) is 5.88 Å². The van der Waals surface area contributed by atoms with Crippen molar-refractivity contribution in [2.75, 3.05) is 19.7 Å². The summed E-state index contributed by atoms with van der Waals surface area (Å²) in [5, 5.41) is 0.180. The predicted molar refractivity (Wildman–Crippen MR) is 87.8 cm³/mol. The molecule has 1 unspecified atom stereocenters. The molecule has 0 aliphatic carbocycles. The highest BCUT2D eigenvalue weighted by Gasteiger charge is 2.28. The van der Waals surface area contributed by atoms with Gasteiger partial charge in [0.15, 0.2) is 0 Å². The molecule has 1 fully saturated rings. The number of carbonyl (C=O) groups excluding carboxylic acids is 1. The Bertz CT molecular complexity index is 540. The molecule has 128 valence electrons. The van der Waals surface area contributed by atoms with Crippen LogP contribution >= 0.6 is 11.6 Å². The maximum atomic E-state index is 12.1. The molecule has 1 aliphatic heterocycles. The lowest BCUT2D eigenvalue weighted by Gasteiger charge is -2.33. The van der Waals surface area contributed by atoms with Crippen molar-refractivity contribution in [3.63, 3.8) is 0 Å². The molecule has 1 atom stereocenters. The highest BCUT2D eigenvalue weighted by Crippen LogP contribution is 2.21. The number of piperidine rings is 1. The van der Waals surface area contributed by atoms with E-state index in [1.165, 1.54) is 0 Å². The van der Waals surface area contributed by atoms with Gasteiger partial charge in [0.25, 0.3) is 0 Å². The Kier molecular flexibility index (Phi) is 5.68. The van der Waals surface area contributed by atoms with Crippen molar-refractivity contribution in [3.05, 3.63) is 17.0 Å². The average Bonchev–Trinajstić information content (AvgIpc) is 2.43. The Morgan fingerprint density at radius 2 is 2.17 bits per heavy atom. The topological polar surface area (TPSA) is 64.5 Å². The van der Waals surface area contributed by atoms with E-state index >= 15 is 0 Å². The largest absolute Gasteiger partial charge is 0.477 e. The zero-order valence-corrected chi connectivity index (χ0v) is 14.9. The van der Waals surface area contributed by atoms with Crippen LogP contribution in [0, 0.1) is 12.8 Å². The van der Waals surface area contributed by atoms with Gasteiger partial charge in [-0.3, -0.25) is 0 Å². The van der Waals surface area contributed by atoms with E-state index in [1.807, 2.05) is 27.7 Å². The zero-order chi connectivity index (χ0) is 17.0. The summed E-state index contributed by atoms with van der Waals surface area (Å²) in [5.41, 5.74) is 0.287. The number of hydrogen-bond donors (Lipinski definition) is 0. The van der Waals surface area contributed by atoms with E-state index in [2.05, 4.69) is 9.97 Å². The molecule has 2 heterocycles. The molecule has 2 rings (SSSR count). The van der Waals surface area contributed by atoms with Crippen molar-refractivity contribution in [2.24, 2.45) is 5.92 Å². The van der Waals surface area contributed by atoms with Gasteiger partial charge in [-0.15, -0.1) is 0 Å². The van der Waals surface area contributed by atoms with Crippen LogP contribution in [-0.4, -0.2) is 46.3 Å². The summed E-state index contributed by atoms with van der Waals surface area (Å²) in [6.07, 6.45) is 1.69. The second-order valence-electron chi connectivity index (χ2n) is 6.86. The SMILES string of the molecule is Cc1cc(OCC2CCCN(C(=O)OC(C)(C)C)C2)nc(Cl)n1. The lowest BCUT2D eigenvalue weighted by molar-refractivity contribution is 0.0138. The standard InChI is InChI=1S/C16H24ClN3O3/c1-11-8-13(19-14(17)18-11)22-10-12-6-5-7-20(9-12)15(21)23-16(2,3)4/h8,12H,5-7,9-10H2,1-4H3. The van der Waals surface area contributed by atoms with Gasteiger partial charge >= 0.3 is 6.09 Å². The summed E-state index contributed by atoms with van der Waals surface area (Å²) in [6, 6.07) is 1.75. The Morgan fingerprint density at radius 1 is 1.43 bits per heavy atom. The Balaban J connectivity index is 1.87. The third-order valence-corrected chi connectivity index (χ3v) is 3.61. The second-order valence-corrected chi connectivity index (χ2v) is 7.20. The van der Waals surface area contributed by atoms with Crippen LogP contribution in [0.25, 0.3) is 0 Å². The van der Waals surface area contributed by atoms with E-state index in [0.29, 0.717) is 19.0 Å². The van der Waals surface area contributed by atoms with Crippen molar-refractivity contribution in [1.29, 1.82) is 0 Å². The van der Waals surface area contributed by atoms with E-state index in [4.69, 9.17) is 21.1 Å². The van der Waals surface area contributed by atoms with Gasteiger partial charge in [-0.05, 0) is 52.1 Å². The van der Waals surface area contributed by atoms with Gasteiger partial charge in [-0.25, -0.2) is 9.78 Å².